The van der Waals surface area contributed by atoms with E-state index in [2.05, 4.69) is 10.3 Å². The van der Waals surface area contributed by atoms with Gasteiger partial charge in [0.2, 0.25) is 0 Å². The van der Waals surface area contributed by atoms with E-state index in [9.17, 15) is 4.79 Å². The number of amides is 1. The molecule has 1 unspecified atom stereocenters. The molecule has 0 aromatic carbocycles. The van der Waals surface area contributed by atoms with E-state index in [1.54, 1.807) is 10.9 Å². The molecule has 1 amide bonds. The largest absolute Gasteiger partial charge is 0.396 e. The molecule has 0 aliphatic rings. The molecule has 4 nitrogen and oxygen atoms in total. The van der Waals surface area contributed by atoms with Crippen molar-refractivity contribution in [2.75, 3.05) is 6.61 Å². The molecular formula is C8H12N2O2S. The van der Waals surface area contributed by atoms with Gasteiger partial charge in [0.05, 0.1) is 5.51 Å². The average molecular weight is 200 g/mol. The highest BCUT2D eigenvalue weighted by molar-refractivity contribution is 7.07. The number of nitrogens with zero attached hydrogens (tertiary/aromatic N) is 1. The van der Waals surface area contributed by atoms with E-state index < -0.39 is 0 Å². The summed E-state index contributed by atoms with van der Waals surface area (Å²) in [5.41, 5.74) is 2.06. The van der Waals surface area contributed by atoms with Crippen molar-refractivity contribution in [2.24, 2.45) is 0 Å². The van der Waals surface area contributed by atoms with Gasteiger partial charge in [-0.2, -0.15) is 0 Å². The second-order valence-electron chi connectivity index (χ2n) is 2.76. The molecule has 72 valence electrons. The highest BCUT2D eigenvalue weighted by Crippen LogP contribution is 2.01. The Morgan fingerprint density at radius 3 is 3.15 bits per heavy atom. The number of nitrogens with one attached hydrogen (secondary N) is 1. The number of aliphatic hydroxyl groups excluding tert-OH is 1. The van der Waals surface area contributed by atoms with Gasteiger partial charge in [-0.25, -0.2) is 4.98 Å². The number of carbonyl (C=O) groups is 1. The van der Waals surface area contributed by atoms with Crippen LogP contribution < -0.4 is 5.32 Å². The van der Waals surface area contributed by atoms with E-state index >= 15 is 0 Å². The third kappa shape index (κ3) is 3.12. The van der Waals surface area contributed by atoms with Crippen LogP contribution in [0.1, 0.15) is 23.8 Å². The lowest BCUT2D eigenvalue weighted by Crippen LogP contribution is -2.33. The summed E-state index contributed by atoms with van der Waals surface area (Å²) in [5, 5.41) is 13.0. The van der Waals surface area contributed by atoms with Crippen LogP contribution in [0.4, 0.5) is 0 Å². The lowest BCUT2D eigenvalue weighted by Gasteiger charge is -2.10. The predicted octanol–water partition coefficient (Wildman–Crippen LogP) is 0.644. The summed E-state index contributed by atoms with van der Waals surface area (Å²) in [7, 11) is 0. The quantitative estimate of drug-likeness (QED) is 0.750. The molecular weight excluding hydrogens is 188 g/mol. The maximum atomic E-state index is 11.3. The van der Waals surface area contributed by atoms with Crippen molar-refractivity contribution >= 4 is 17.2 Å². The van der Waals surface area contributed by atoms with Gasteiger partial charge in [0, 0.05) is 18.0 Å². The summed E-state index contributed by atoms with van der Waals surface area (Å²) in [5.74, 6) is -0.179. The van der Waals surface area contributed by atoms with E-state index in [0.29, 0.717) is 12.1 Å². The fourth-order valence-corrected chi connectivity index (χ4v) is 1.42. The minimum Gasteiger partial charge on any atom is -0.396 e. The van der Waals surface area contributed by atoms with E-state index in [4.69, 9.17) is 5.11 Å². The van der Waals surface area contributed by atoms with Gasteiger partial charge >= 0.3 is 0 Å². The van der Waals surface area contributed by atoms with Gasteiger partial charge in [-0.3, -0.25) is 4.79 Å². The minimum absolute atomic E-state index is 0.0146. The van der Waals surface area contributed by atoms with Gasteiger partial charge in [-0.1, -0.05) is 0 Å². The number of hydrogen-bond acceptors (Lipinski definition) is 4. The molecule has 2 N–H and O–H groups in total. The van der Waals surface area contributed by atoms with Crippen LogP contribution in [0.5, 0.6) is 0 Å². The fourth-order valence-electron chi connectivity index (χ4n) is 0.888. The predicted molar refractivity (Wildman–Crippen MR) is 50.7 cm³/mol. The Kier molecular flexibility index (Phi) is 3.85. The first-order valence-corrected chi connectivity index (χ1v) is 4.98. The number of aliphatic hydroxyl groups is 1. The average Bonchev–Trinajstić information content (AvgIpc) is 2.55. The maximum absolute atomic E-state index is 11.3. The summed E-state index contributed by atoms with van der Waals surface area (Å²) >= 11 is 1.39. The van der Waals surface area contributed by atoms with Crippen LogP contribution >= 0.6 is 11.3 Å². The molecule has 0 saturated carbocycles. The number of aromatic nitrogens is 1. The fraction of sp³-hybridized carbons (Fsp3) is 0.500. The Hall–Kier alpha value is -0.940. The first-order chi connectivity index (χ1) is 6.24. The number of rotatable bonds is 4. The SMILES string of the molecule is CC(CCO)NC(=O)c1cscn1. The zero-order valence-electron chi connectivity index (χ0n) is 7.36. The van der Waals surface area contributed by atoms with Gasteiger partial charge in [-0.05, 0) is 13.3 Å². The van der Waals surface area contributed by atoms with Gasteiger partial charge in [0.1, 0.15) is 5.69 Å². The number of thiazole rings is 1. The third-order valence-electron chi connectivity index (χ3n) is 1.60. The molecule has 0 aliphatic heterocycles. The zero-order valence-corrected chi connectivity index (χ0v) is 8.17. The lowest BCUT2D eigenvalue weighted by molar-refractivity contribution is 0.0930. The summed E-state index contributed by atoms with van der Waals surface area (Å²) < 4.78 is 0. The van der Waals surface area contributed by atoms with Crippen molar-refractivity contribution < 1.29 is 9.90 Å². The summed E-state index contributed by atoms with van der Waals surface area (Å²) in [6, 6.07) is -0.0146. The van der Waals surface area contributed by atoms with Gasteiger partial charge in [0.25, 0.3) is 5.91 Å². The van der Waals surface area contributed by atoms with Crippen LogP contribution in [0.25, 0.3) is 0 Å². The molecule has 5 heteroatoms. The van der Waals surface area contributed by atoms with E-state index in [-0.39, 0.29) is 18.6 Å². The van der Waals surface area contributed by atoms with E-state index in [1.165, 1.54) is 11.3 Å². The molecule has 1 atom stereocenters. The Labute approximate surface area is 80.6 Å². The van der Waals surface area contributed by atoms with Crippen LogP contribution in [0.3, 0.4) is 0 Å². The normalized spacial score (nSPS) is 12.5. The van der Waals surface area contributed by atoms with Crippen molar-refractivity contribution in [1.29, 1.82) is 0 Å². The highest BCUT2D eigenvalue weighted by Gasteiger charge is 2.10. The molecule has 0 radical (unpaired) electrons. The van der Waals surface area contributed by atoms with Crippen molar-refractivity contribution in [1.82, 2.24) is 10.3 Å². The Balaban J connectivity index is 2.42. The second-order valence-corrected chi connectivity index (χ2v) is 3.48. The van der Waals surface area contributed by atoms with Crippen LogP contribution in [0.15, 0.2) is 10.9 Å². The maximum Gasteiger partial charge on any atom is 0.270 e. The molecule has 0 saturated heterocycles. The monoisotopic (exact) mass is 200 g/mol. The van der Waals surface area contributed by atoms with Crippen molar-refractivity contribution in [3.63, 3.8) is 0 Å². The lowest BCUT2D eigenvalue weighted by atomic mass is 10.2. The van der Waals surface area contributed by atoms with Gasteiger partial charge in [-0.15, -0.1) is 11.3 Å². The van der Waals surface area contributed by atoms with Crippen LogP contribution in [0.2, 0.25) is 0 Å². The molecule has 0 bridgehead atoms. The summed E-state index contributed by atoms with van der Waals surface area (Å²) in [6.07, 6.45) is 0.565. The first kappa shape index (κ1) is 10.1. The summed E-state index contributed by atoms with van der Waals surface area (Å²) in [4.78, 5) is 15.2. The van der Waals surface area contributed by atoms with E-state index in [0.717, 1.165) is 0 Å². The van der Waals surface area contributed by atoms with Crippen LogP contribution in [0, 0.1) is 0 Å². The Bertz CT molecular complexity index is 261. The van der Waals surface area contributed by atoms with Crippen LogP contribution in [-0.2, 0) is 0 Å². The Morgan fingerprint density at radius 1 is 1.85 bits per heavy atom. The second kappa shape index (κ2) is 4.94. The molecule has 1 rings (SSSR count). The number of carbonyl (C=O) groups excluding carboxylic acids is 1. The molecule has 0 spiro atoms. The van der Waals surface area contributed by atoms with Gasteiger partial charge in [0.15, 0.2) is 0 Å². The van der Waals surface area contributed by atoms with Crippen molar-refractivity contribution in [3.05, 3.63) is 16.6 Å². The molecule has 13 heavy (non-hydrogen) atoms. The van der Waals surface area contributed by atoms with E-state index in [1.807, 2.05) is 6.92 Å². The third-order valence-corrected chi connectivity index (χ3v) is 2.19. The Morgan fingerprint density at radius 2 is 2.62 bits per heavy atom. The van der Waals surface area contributed by atoms with Crippen molar-refractivity contribution in [3.8, 4) is 0 Å². The number of hydrogen-bond donors (Lipinski definition) is 2. The molecule has 0 fully saturated rings. The van der Waals surface area contributed by atoms with Crippen molar-refractivity contribution in [2.45, 2.75) is 19.4 Å². The topological polar surface area (TPSA) is 62.2 Å². The van der Waals surface area contributed by atoms with Crippen LogP contribution in [-0.4, -0.2) is 28.6 Å². The molecule has 1 aromatic heterocycles. The minimum atomic E-state index is -0.179. The molecule has 0 aliphatic carbocycles. The zero-order chi connectivity index (χ0) is 9.68. The standard InChI is InChI=1S/C8H12N2O2S/c1-6(2-3-11)10-8(12)7-4-13-5-9-7/h4-6,11H,2-3H2,1H3,(H,10,12). The molecule has 1 aromatic rings. The molecule has 1 heterocycles. The smallest absolute Gasteiger partial charge is 0.270 e. The highest BCUT2D eigenvalue weighted by atomic mass is 32.1. The van der Waals surface area contributed by atoms with Gasteiger partial charge < -0.3 is 10.4 Å². The summed E-state index contributed by atoms with van der Waals surface area (Å²) in [6.45, 7) is 1.93. The first-order valence-electron chi connectivity index (χ1n) is 4.04.